The smallest absolute Gasteiger partial charge is 0.323 e. The molecule has 1 aromatic rings. The summed E-state index contributed by atoms with van der Waals surface area (Å²) in [7, 11) is 0. The molecule has 1 aromatic carbocycles. The first kappa shape index (κ1) is 11.6. The Hall–Kier alpha value is -1.88. The van der Waals surface area contributed by atoms with E-state index in [1.165, 1.54) is 6.26 Å². The molecule has 1 aliphatic heterocycles. The fraction of sp³-hybridized carbons (Fsp3) is 0.0833. The number of benzene rings is 1. The zero-order valence-corrected chi connectivity index (χ0v) is 9.80. The van der Waals surface area contributed by atoms with Crippen molar-refractivity contribution in [2.45, 2.75) is 4.90 Å². The van der Waals surface area contributed by atoms with Crippen molar-refractivity contribution in [3.8, 4) is 0 Å². The summed E-state index contributed by atoms with van der Waals surface area (Å²) in [6.45, 7) is -0.0933. The SMILES string of the molecule is O=C(O)CN1C=COC(c2cccc(S)c2)=C1. The van der Waals surface area contributed by atoms with Gasteiger partial charge in [0.15, 0.2) is 0 Å². The zero-order chi connectivity index (χ0) is 12.3. The van der Waals surface area contributed by atoms with Gasteiger partial charge in [0.05, 0.1) is 0 Å². The van der Waals surface area contributed by atoms with Gasteiger partial charge in [0.1, 0.15) is 18.6 Å². The number of carbonyl (C=O) groups is 1. The molecule has 1 heterocycles. The van der Waals surface area contributed by atoms with Gasteiger partial charge in [-0.15, -0.1) is 12.6 Å². The molecule has 0 aromatic heterocycles. The van der Waals surface area contributed by atoms with Crippen LogP contribution in [0.5, 0.6) is 0 Å². The monoisotopic (exact) mass is 249 g/mol. The van der Waals surface area contributed by atoms with E-state index in [0.717, 1.165) is 10.5 Å². The van der Waals surface area contributed by atoms with Crippen LogP contribution in [-0.4, -0.2) is 22.5 Å². The maximum absolute atomic E-state index is 10.6. The molecule has 88 valence electrons. The minimum absolute atomic E-state index is 0.0933. The van der Waals surface area contributed by atoms with Crippen molar-refractivity contribution in [3.63, 3.8) is 0 Å². The van der Waals surface area contributed by atoms with E-state index in [9.17, 15) is 4.79 Å². The van der Waals surface area contributed by atoms with Crippen LogP contribution in [0.3, 0.4) is 0 Å². The molecule has 0 saturated carbocycles. The largest absolute Gasteiger partial charge is 0.480 e. The van der Waals surface area contributed by atoms with Gasteiger partial charge in [-0.2, -0.15) is 0 Å². The highest BCUT2D eigenvalue weighted by atomic mass is 32.1. The van der Waals surface area contributed by atoms with Crippen LogP contribution in [0, 0.1) is 0 Å². The van der Waals surface area contributed by atoms with E-state index in [-0.39, 0.29) is 6.54 Å². The second kappa shape index (κ2) is 4.97. The van der Waals surface area contributed by atoms with Crippen LogP contribution in [0.4, 0.5) is 0 Å². The fourth-order valence-corrected chi connectivity index (χ4v) is 1.69. The zero-order valence-electron chi connectivity index (χ0n) is 8.91. The molecule has 2 rings (SSSR count). The summed E-state index contributed by atoms with van der Waals surface area (Å²) in [4.78, 5) is 13.0. The highest BCUT2D eigenvalue weighted by Crippen LogP contribution is 2.22. The van der Waals surface area contributed by atoms with Crippen LogP contribution in [-0.2, 0) is 9.53 Å². The fourth-order valence-electron chi connectivity index (χ4n) is 1.46. The van der Waals surface area contributed by atoms with E-state index in [1.54, 1.807) is 17.3 Å². The lowest BCUT2D eigenvalue weighted by Gasteiger charge is -2.19. The Morgan fingerprint density at radius 1 is 1.47 bits per heavy atom. The number of carboxylic acids is 1. The summed E-state index contributed by atoms with van der Waals surface area (Å²) in [6, 6.07) is 7.46. The summed E-state index contributed by atoms with van der Waals surface area (Å²) < 4.78 is 5.34. The lowest BCUT2D eigenvalue weighted by molar-refractivity contribution is -0.137. The number of thiol groups is 1. The molecule has 0 unspecified atom stereocenters. The molecule has 17 heavy (non-hydrogen) atoms. The van der Waals surface area contributed by atoms with Crippen molar-refractivity contribution in [3.05, 3.63) is 48.5 Å². The van der Waals surface area contributed by atoms with Crippen molar-refractivity contribution < 1.29 is 14.6 Å². The molecular formula is C12H11NO3S. The molecule has 0 aliphatic carbocycles. The third kappa shape index (κ3) is 3.04. The topological polar surface area (TPSA) is 49.8 Å². The maximum Gasteiger partial charge on any atom is 0.323 e. The summed E-state index contributed by atoms with van der Waals surface area (Å²) in [6.07, 6.45) is 4.68. The Bertz CT molecular complexity index is 496. The maximum atomic E-state index is 10.6. The van der Waals surface area contributed by atoms with Crippen LogP contribution in [0.25, 0.3) is 5.76 Å². The van der Waals surface area contributed by atoms with E-state index in [1.807, 2.05) is 24.3 Å². The van der Waals surface area contributed by atoms with E-state index in [4.69, 9.17) is 9.84 Å². The average molecular weight is 249 g/mol. The molecule has 4 nitrogen and oxygen atoms in total. The number of hydrogen-bond acceptors (Lipinski definition) is 4. The summed E-state index contributed by atoms with van der Waals surface area (Å²) in [5, 5.41) is 8.71. The first-order valence-corrected chi connectivity index (χ1v) is 5.42. The third-order valence-electron chi connectivity index (χ3n) is 2.18. The van der Waals surface area contributed by atoms with Crippen LogP contribution in [0.15, 0.2) is 47.8 Å². The molecule has 1 N–H and O–H groups in total. The minimum atomic E-state index is -0.893. The third-order valence-corrected chi connectivity index (χ3v) is 2.46. The average Bonchev–Trinajstić information content (AvgIpc) is 2.28. The Labute approximate surface area is 104 Å². The number of carboxylic acid groups (broad SMARTS) is 1. The number of hydrogen-bond donors (Lipinski definition) is 2. The molecular weight excluding hydrogens is 238 g/mol. The van der Waals surface area contributed by atoms with Gasteiger partial charge in [-0.3, -0.25) is 4.79 Å². The lowest BCUT2D eigenvalue weighted by Crippen LogP contribution is -2.21. The number of rotatable bonds is 3. The standard InChI is InChI=1S/C12H11NO3S/c14-12(15)8-13-4-5-16-11(7-13)9-2-1-3-10(17)6-9/h1-7,17H,8H2,(H,14,15). The van der Waals surface area contributed by atoms with Gasteiger partial charge >= 0.3 is 5.97 Å². The quantitative estimate of drug-likeness (QED) is 0.806. The first-order chi connectivity index (χ1) is 8.15. The van der Waals surface area contributed by atoms with Gasteiger partial charge in [0.2, 0.25) is 0 Å². The summed E-state index contributed by atoms with van der Waals surface area (Å²) in [5.74, 6) is -0.292. The summed E-state index contributed by atoms with van der Waals surface area (Å²) >= 11 is 4.24. The van der Waals surface area contributed by atoms with Crippen LogP contribution in [0.2, 0.25) is 0 Å². The van der Waals surface area contributed by atoms with Gasteiger partial charge in [-0.05, 0) is 12.1 Å². The van der Waals surface area contributed by atoms with Gasteiger partial charge in [-0.1, -0.05) is 12.1 Å². The Morgan fingerprint density at radius 2 is 2.29 bits per heavy atom. The molecule has 0 spiro atoms. The van der Waals surface area contributed by atoms with Gasteiger partial charge in [0.25, 0.3) is 0 Å². The van der Waals surface area contributed by atoms with Gasteiger partial charge in [0, 0.05) is 22.9 Å². The summed E-state index contributed by atoms with van der Waals surface area (Å²) in [5.41, 5.74) is 0.859. The predicted octanol–water partition coefficient (Wildman–Crippen LogP) is 2.16. The van der Waals surface area contributed by atoms with Crippen LogP contribution in [0.1, 0.15) is 5.56 Å². The lowest BCUT2D eigenvalue weighted by atomic mass is 10.2. The first-order valence-electron chi connectivity index (χ1n) is 4.97. The highest BCUT2D eigenvalue weighted by molar-refractivity contribution is 7.80. The Morgan fingerprint density at radius 3 is 3.00 bits per heavy atom. The minimum Gasteiger partial charge on any atom is -0.480 e. The van der Waals surface area contributed by atoms with E-state index >= 15 is 0 Å². The van der Waals surface area contributed by atoms with Gasteiger partial charge < -0.3 is 14.7 Å². The molecule has 0 radical (unpaired) electrons. The van der Waals surface area contributed by atoms with Crippen molar-refractivity contribution in [2.24, 2.45) is 0 Å². The van der Waals surface area contributed by atoms with Crippen molar-refractivity contribution in [1.29, 1.82) is 0 Å². The molecule has 1 aliphatic rings. The highest BCUT2D eigenvalue weighted by Gasteiger charge is 2.11. The molecule has 0 fully saturated rings. The molecule has 0 atom stereocenters. The molecule has 0 saturated heterocycles. The van der Waals surface area contributed by atoms with Crippen molar-refractivity contribution in [2.75, 3.05) is 6.54 Å². The van der Waals surface area contributed by atoms with Gasteiger partial charge in [-0.25, -0.2) is 0 Å². The van der Waals surface area contributed by atoms with E-state index in [2.05, 4.69) is 12.6 Å². The number of aliphatic carboxylic acids is 1. The molecule has 0 bridgehead atoms. The molecule has 5 heteroatoms. The van der Waals surface area contributed by atoms with E-state index in [0.29, 0.717) is 5.76 Å². The van der Waals surface area contributed by atoms with Crippen LogP contribution < -0.4 is 0 Å². The predicted molar refractivity (Wildman–Crippen MR) is 66.2 cm³/mol. The Balaban J connectivity index is 2.21. The second-order valence-corrected chi connectivity index (χ2v) is 4.03. The molecule has 0 amide bonds. The van der Waals surface area contributed by atoms with Crippen molar-refractivity contribution in [1.82, 2.24) is 4.90 Å². The number of nitrogens with zero attached hydrogens (tertiary/aromatic N) is 1. The number of ether oxygens (including phenoxy) is 1. The van der Waals surface area contributed by atoms with Crippen molar-refractivity contribution >= 4 is 24.4 Å². The Kier molecular flexibility index (Phi) is 3.39. The van der Waals surface area contributed by atoms with Crippen LogP contribution >= 0.6 is 12.6 Å². The normalized spacial score (nSPS) is 14.2. The second-order valence-electron chi connectivity index (χ2n) is 3.51. The van der Waals surface area contributed by atoms with E-state index < -0.39 is 5.97 Å².